The maximum atomic E-state index is 12.7. The number of nitrogens with one attached hydrogen (secondary N) is 1. The van der Waals surface area contributed by atoms with E-state index in [0.29, 0.717) is 18.6 Å². The van der Waals surface area contributed by atoms with E-state index in [1.165, 1.54) is 14.0 Å². The van der Waals surface area contributed by atoms with Crippen LogP contribution in [0.1, 0.15) is 49.4 Å². The molecule has 0 radical (unpaired) electrons. The molecular formula is C22H24N2O4. The topological polar surface area (TPSA) is 88.4 Å². The summed E-state index contributed by atoms with van der Waals surface area (Å²) in [5.41, 5.74) is -0.607. The predicted octanol–water partition coefficient (Wildman–Crippen LogP) is 3.74. The van der Waals surface area contributed by atoms with Crippen LogP contribution in [0, 0.1) is 11.3 Å². The monoisotopic (exact) mass is 380 g/mol. The molecule has 1 aliphatic carbocycles. The number of nitrogens with zero attached hydrogens (tertiary/aromatic N) is 1. The van der Waals surface area contributed by atoms with Gasteiger partial charge in [-0.25, -0.2) is 4.79 Å². The third kappa shape index (κ3) is 4.09. The Balaban J connectivity index is 1.74. The van der Waals surface area contributed by atoms with Crippen LogP contribution in [0.5, 0.6) is 5.75 Å². The molecule has 6 nitrogen and oxygen atoms in total. The van der Waals surface area contributed by atoms with Gasteiger partial charge in [-0.05, 0) is 42.7 Å². The third-order valence-electron chi connectivity index (χ3n) is 5.22. The lowest BCUT2D eigenvalue weighted by atomic mass is 9.83. The van der Waals surface area contributed by atoms with Crippen LogP contribution in [0.2, 0.25) is 0 Å². The summed E-state index contributed by atoms with van der Waals surface area (Å²) in [7, 11) is 1.48. The predicted molar refractivity (Wildman–Crippen MR) is 105 cm³/mol. The normalized spacial score (nSPS) is 16.6. The largest absolute Gasteiger partial charge is 0.496 e. The van der Waals surface area contributed by atoms with E-state index in [2.05, 4.69) is 11.4 Å². The minimum Gasteiger partial charge on any atom is -0.496 e. The Morgan fingerprint density at radius 2 is 1.79 bits per heavy atom. The van der Waals surface area contributed by atoms with E-state index < -0.39 is 23.5 Å². The second-order valence-electron chi connectivity index (χ2n) is 7.19. The highest BCUT2D eigenvalue weighted by Crippen LogP contribution is 2.29. The number of methoxy groups -OCH3 is 1. The Morgan fingerprint density at radius 1 is 1.14 bits per heavy atom. The maximum absolute atomic E-state index is 12.7. The van der Waals surface area contributed by atoms with Gasteiger partial charge in [0.2, 0.25) is 0 Å². The number of fused-ring (bicyclic) bond motifs is 1. The van der Waals surface area contributed by atoms with Crippen LogP contribution in [0.4, 0.5) is 0 Å². The number of hydrogen-bond donors (Lipinski definition) is 1. The molecule has 2 aromatic carbocycles. The molecule has 0 aromatic heterocycles. The van der Waals surface area contributed by atoms with Gasteiger partial charge in [-0.15, -0.1) is 0 Å². The molecule has 0 aliphatic heterocycles. The van der Waals surface area contributed by atoms with Crippen LogP contribution in [-0.4, -0.2) is 30.6 Å². The lowest BCUT2D eigenvalue weighted by Crippen LogP contribution is -2.52. The van der Waals surface area contributed by atoms with E-state index in [9.17, 15) is 14.9 Å². The van der Waals surface area contributed by atoms with Crippen molar-refractivity contribution in [3.63, 3.8) is 0 Å². The second-order valence-corrected chi connectivity index (χ2v) is 7.19. The summed E-state index contributed by atoms with van der Waals surface area (Å²) in [6, 6.07) is 13.3. The Bertz CT molecular complexity index is 926. The molecule has 1 N–H and O–H groups in total. The first-order valence-electron chi connectivity index (χ1n) is 9.49. The molecule has 0 bridgehead atoms. The highest BCUT2D eigenvalue weighted by atomic mass is 16.5. The molecule has 28 heavy (non-hydrogen) atoms. The molecule has 0 spiro atoms. The molecule has 1 amide bonds. The second kappa shape index (κ2) is 8.30. The van der Waals surface area contributed by atoms with Gasteiger partial charge in [0.15, 0.2) is 6.10 Å². The van der Waals surface area contributed by atoms with Crippen LogP contribution in [-0.2, 0) is 9.53 Å². The third-order valence-corrected chi connectivity index (χ3v) is 5.22. The average molecular weight is 380 g/mol. The van der Waals surface area contributed by atoms with Gasteiger partial charge >= 0.3 is 5.97 Å². The number of ether oxygens (including phenoxy) is 2. The first kappa shape index (κ1) is 19.7. The molecule has 2 aromatic rings. The number of amides is 1. The molecule has 1 atom stereocenters. The fraction of sp³-hybridized carbons (Fsp3) is 0.409. The van der Waals surface area contributed by atoms with Crippen molar-refractivity contribution in [3.05, 3.63) is 42.0 Å². The van der Waals surface area contributed by atoms with Gasteiger partial charge in [0.05, 0.1) is 13.2 Å². The zero-order valence-electron chi connectivity index (χ0n) is 16.2. The Hall–Kier alpha value is -3.07. The molecule has 3 rings (SSSR count). The van der Waals surface area contributed by atoms with Gasteiger partial charge in [0.1, 0.15) is 16.9 Å². The van der Waals surface area contributed by atoms with Crippen molar-refractivity contribution in [1.82, 2.24) is 5.32 Å². The molecule has 6 heteroatoms. The van der Waals surface area contributed by atoms with Gasteiger partial charge in [0, 0.05) is 0 Å². The Morgan fingerprint density at radius 3 is 2.39 bits per heavy atom. The summed E-state index contributed by atoms with van der Waals surface area (Å²) in [6.07, 6.45) is 3.08. The van der Waals surface area contributed by atoms with E-state index in [4.69, 9.17) is 9.47 Å². The molecule has 1 aliphatic rings. The molecule has 1 fully saturated rings. The molecular weight excluding hydrogens is 356 g/mol. The quantitative estimate of drug-likeness (QED) is 0.799. The Kier molecular flexibility index (Phi) is 5.84. The molecule has 0 heterocycles. The van der Waals surface area contributed by atoms with Gasteiger partial charge in [-0.2, -0.15) is 5.26 Å². The fourth-order valence-electron chi connectivity index (χ4n) is 3.58. The number of hydrogen-bond acceptors (Lipinski definition) is 5. The van der Waals surface area contributed by atoms with E-state index in [-0.39, 0.29) is 5.56 Å². The van der Waals surface area contributed by atoms with E-state index >= 15 is 0 Å². The van der Waals surface area contributed by atoms with Crippen LogP contribution < -0.4 is 10.1 Å². The number of carbonyl (C=O) groups is 2. The van der Waals surface area contributed by atoms with E-state index in [0.717, 1.165) is 30.0 Å². The van der Waals surface area contributed by atoms with Gasteiger partial charge in [0.25, 0.3) is 5.91 Å². The van der Waals surface area contributed by atoms with Crippen molar-refractivity contribution in [1.29, 1.82) is 5.26 Å². The zero-order valence-corrected chi connectivity index (χ0v) is 16.2. The van der Waals surface area contributed by atoms with Crippen molar-refractivity contribution >= 4 is 22.6 Å². The van der Waals surface area contributed by atoms with Crippen LogP contribution in [0.15, 0.2) is 36.4 Å². The highest BCUT2D eigenvalue weighted by molar-refractivity contribution is 5.99. The van der Waals surface area contributed by atoms with Gasteiger partial charge in [-0.3, -0.25) is 4.79 Å². The van der Waals surface area contributed by atoms with Crippen molar-refractivity contribution in [3.8, 4) is 11.8 Å². The summed E-state index contributed by atoms with van der Waals surface area (Å²) in [5, 5.41) is 14.1. The number of nitriles is 1. The average Bonchev–Trinajstić information content (AvgIpc) is 2.73. The summed E-state index contributed by atoms with van der Waals surface area (Å²) in [4.78, 5) is 25.2. The smallest absolute Gasteiger partial charge is 0.342 e. The molecule has 146 valence electrons. The van der Waals surface area contributed by atoms with Crippen molar-refractivity contribution in [2.75, 3.05) is 7.11 Å². The first-order chi connectivity index (χ1) is 13.5. The molecule has 0 unspecified atom stereocenters. The number of esters is 1. The van der Waals surface area contributed by atoms with E-state index in [1.54, 1.807) is 12.1 Å². The van der Waals surface area contributed by atoms with Crippen LogP contribution >= 0.6 is 0 Å². The Labute approximate surface area is 164 Å². The van der Waals surface area contributed by atoms with Crippen molar-refractivity contribution in [2.45, 2.75) is 50.7 Å². The highest BCUT2D eigenvalue weighted by Gasteiger charge is 2.35. The van der Waals surface area contributed by atoms with E-state index in [1.807, 2.05) is 24.3 Å². The maximum Gasteiger partial charge on any atom is 0.342 e. The molecule has 0 saturated heterocycles. The number of carbonyl (C=O) groups excluding carboxylic acids is 2. The SMILES string of the molecule is COc1cc2ccccc2cc1C(=O)O[C@@H](C)C(=O)NC1(C#N)CCCCC1. The summed E-state index contributed by atoms with van der Waals surface area (Å²) < 4.78 is 10.7. The number of rotatable bonds is 5. The zero-order chi connectivity index (χ0) is 20.1. The lowest BCUT2D eigenvalue weighted by Gasteiger charge is -2.32. The number of benzene rings is 2. The minimum absolute atomic E-state index is 0.258. The van der Waals surface area contributed by atoms with Crippen molar-refractivity contribution < 1.29 is 19.1 Å². The van der Waals surface area contributed by atoms with Crippen LogP contribution in [0.3, 0.4) is 0 Å². The van der Waals surface area contributed by atoms with Gasteiger partial charge in [-0.1, -0.05) is 43.5 Å². The van der Waals surface area contributed by atoms with Crippen LogP contribution in [0.25, 0.3) is 10.8 Å². The summed E-state index contributed by atoms with van der Waals surface area (Å²) >= 11 is 0. The standard InChI is InChI=1S/C22H24N2O4/c1-15(20(25)24-22(14-23)10-6-3-7-11-22)28-21(26)18-12-16-8-4-5-9-17(16)13-19(18)27-2/h4-5,8-9,12-13,15H,3,6-7,10-11H2,1-2H3,(H,24,25)/t15-/m0/s1. The lowest BCUT2D eigenvalue weighted by molar-refractivity contribution is -0.130. The minimum atomic E-state index is -1.02. The molecule has 1 saturated carbocycles. The summed E-state index contributed by atoms with van der Waals surface area (Å²) in [6.45, 7) is 1.51. The first-order valence-corrected chi connectivity index (χ1v) is 9.49. The van der Waals surface area contributed by atoms with Gasteiger partial charge < -0.3 is 14.8 Å². The van der Waals surface area contributed by atoms with Crippen molar-refractivity contribution in [2.24, 2.45) is 0 Å². The summed E-state index contributed by atoms with van der Waals surface area (Å²) in [5.74, 6) is -0.714. The fourth-order valence-corrected chi connectivity index (χ4v) is 3.58.